The highest BCUT2D eigenvalue weighted by Gasteiger charge is 2.60. The molecule has 4 atom stereocenters. The van der Waals surface area contributed by atoms with Crippen LogP contribution in [0, 0.1) is 17.3 Å². The molecule has 162 valence electrons. The summed E-state index contributed by atoms with van der Waals surface area (Å²) in [7, 11) is -2.79. The summed E-state index contributed by atoms with van der Waals surface area (Å²) in [4.78, 5) is 2.50. The molecule has 4 fully saturated rings. The molecule has 0 amide bonds. The zero-order valence-electron chi connectivity index (χ0n) is 16.8. The van der Waals surface area contributed by atoms with Gasteiger partial charge < -0.3 is 4.90 Å². The van der Waals surface area contributed by atoms with Crippen molar-refractivity contribution in [2.45, 2.75) is 63.7 Å². The Morgan fingerprint density at radius 2 is 1.72 bits per heavy atom. The molecule has 0 radical (unpaired) electrons. The first-order chi connectivity index (χ1) is 13.5. The van der Waals surface area contributed by atoms with Gasteiger partial charge in [-0.1, -0.05) is 0 Å². The zero-order chi connectivity index (χ0) is 20.8. The Kier molecular flexibility index (Phi) is 4.25. The van der Waals surface area contributed by atoms with Crippen molar-refractivity contribution in [3.8, 4) is 0 Å². The molecule has 2 aliphatic carbocycles. The summed E-state index contributed by atoms with van der Waals surface area (Å²) in [6.07, 6.45) is -0.427. The van der Waals surface area contributed by atoms with Crippen molar-refractivity contribution in [1.82, 2.24) is 14.7 Å². The van der Waals surface area contributed by atoms with Crippen LogP contribution in [0.5, 0.6) is 0 Å². The van der Waals surface area contributed by atoms with Crippen LogP contribution in [-0.2, 0) is 16.0 Å². The Hall–Kier alpha value is -1.09. The van der Waals surface area contributed by atoms with Crippen LogP contribution in [0.2, 0.25) is 0 Å². The molecule has 3 heterocycles. The molecule has 29 heavy (non-hydrogen) atoms. The van der Waals surface area contributed by atoms with E-state index in [1.807, 2.05) is 13.8 Å². The van der Waals surface area contributed by atoms with Crippen molar-refractivity contribution >= 4 is 9.84 Å². The molecule has 5 nitrogen and oxygen atoms in total. The van der Waals surface area contributed by atoms with Gasteiger partial charge in [0.15, 0.2) is 15.5 Å². The van der Waals surface area contributed by atoms with E-state index >= 15 is 0 Å². The average molecular weight is 432 g/mol. The molecule has 0 aromatic carbocycles. The first-order valence-electron chi connectivity index (χ1n) is 10.6. The van der Waals surface area contributed by atoms with E-state index in [1.54, 1.807) is 4.68 Å². The highest BCUT2D eigenvalue weighted by molar-refractivity contribution is 7.92. The van der Waals surface area contributed by atoms with Gasteiger partial charge in [0.05, 0.1) is 11.5 Å². The van der Waals surface area contributed by atoms with E-state index in [0.29, 0.717) is 29.4 Å². The predicted octanol–water partition coefficient (Wildman–Crippen LogP) is 3.49. The quantitative estimate of drug-likeness (QED) is 0.735. The number of hydrogen-bond acceptors (Lipinski definition) is 4. The van der Waals surface area contributed by atoms with Gasteiger partial charge in [-0.15, -0.1) is 0 Å². The second kappa shape index (κ2) is 6.22. The fourth-order valence-electron chi connectivity index (χ4n) is 6.30. The van der Waals surface area contributed by atoms with Gasteiger partial charge in [-0.25, -0.2) is 8.42 Å². The van der Waals surface area contributed by atoms with Crippen molar-refractivity contribution in [1.29, 1.82) is 0 Å². The number of alkyl halides is 3. The van der Waals surface area contributed by atoms with Crippen LogP contribution in [-0.4, -0.2) is 53.7 Å². The Bertz CT molecular complexity index is 890. The molecular formula is C20H28F3N3O2S. The van der Waals surface area contributed by atoms with E-state index in [1.165, 1.54) is 6.07 Å². The fourth-order valence-corrected chi connectivity index (χ4v) is 8.66. The van der Waals surface area contributed by atoms with Gasteiger partial charge in [-0.3, -0.25) is 4.68 Å². The summed E-state index contributed by atoms with van der Waals surface area (Å²) in [6.45, 7) is 5.66. The summed E-state index contributed by atoms with van der Waals surface area (Å²) in [5.74, 6) is 1.81. The lowest BCUT2D eigenvalue weighted by Gasteiger charge is -2.48. The lowest BCUT2D eigenvalue weighted by atomic mass is 9.80. The lowest BCUT2D eigenvalue weighted by molar-refractivity contribution is -0.141. The summed E-state index contributed by atoms with van der Waals surface area (Å²) in [5.41, 5.74) is -0.00509. The number of sulfone groups is 1. The maximum Gasteiger partial charge on any atom is 0.435 e. The second-order valence-corrected chi connectivity index (χ2v) is 12.1. The molecule has 1 aromatic rings. The first-order valence-corrected chi connectivity index (χ1v) is 12.4. The van der Waals surface area contributed by atoms with Gasteiger partial charge >= 0.3 is 6.18 Å². The maximum atomic E-state index is 13.1. The molecule has 0 unspecified atom stereocenters. The fraction of sp³-hybridized carbons (Fsp3) is 0.850. The van der Waals surface area contributed by atoms with Crippen LogP contribution < -0.4 is 0 Å². The monoisotopic (exact) mass is 431 g/mol. The van der Waals surface area contributed by atoms with Gasteiger partial charge in [0, 0.05) is 29.1 Å². The summed E-state index contributed by atoms with van der Waals surface area (Å²) in [6, 6.07) is 1.67. The molecule has 2 saturated heterocycles. The van der Waals surface area contributed by atoms with Crippen molar-refractivity contribution in [3.05, 3.63) is 17.5 Å². The van der Waals surface area contributed by atoms with Gasteiger partial charge in [-0.05, 0) is 70.5 Å². The third-order valence-electron chi connectivity index (χ3n) is 7.73. The van der Waals surface area contributed by atoms with Crippen molar-refractivity contribution in [3.63, 3.8) is 0 Å². The minimum absolute atomic E-state index is 0.0250. The summed E-state index contributed by atoms with van der Waals surface area (Å²) < 4.78 is 64.1. The van der Waals surface area contributed by atoms with Gasteiger partial charge in [-0.2, -0.15) is 18.3 Å². The van der Waals surface area contributed by atoms with Gasteiger partial charge in [0.25, 0.3) is 0 Å². The number of rotatable bonds is 3. The number of fused-ring (bicyclic) bond motifs is 1. The lowest BCUT2D eigenvalue weighted by Crippen LogP contribution is -2.55. The van der Waals surface area contributed by atoms with Crippen molar-refractivity contribution in [2.24, 2.45) is 17.3 Å². The highest BCUT2D eigenvalue weighted by atomic mass is 32.2. The molecule has 1 aromatic heterocycles. The average Bonchev–Trinajstić information content (AvgIpc) is 2.99. The molecule has 1 spiro atoms. The largest absolute Gasteiger partial charge is 0.435 e. The van der Waals surface area contributed by atoms with E-state index in [0.717, 1.165) is 44.5 Å². The molecule has 0 bridgehead atoms. The molecule has 2 saturated carbocycles. The van der Waals surface area contributed by atoms with Crippen LogP contribution in [0.4, 0.5) is 13.2 Å². The molecule has 9 heteroatoms. The maximum absolute atomic E-state index is 13.1. The van der Waals surface area contributed by atoms with E-state index in [9.17, 15) is 21.6 Å². The number of aromatic nitrogens is 2. The minimum Gasteiger partial charge on any atom is -0.300 e. The normalized spacial score (nSPS) is 35.7. The van der Waals surface area contributed by atoms with E-state index < -0.39 is 21.7 Å². The SMILES string of the molecule is CC(C)n1nc(C(F)(F)F)cc1[C@H]1[C@@H]2C[C@H](N3CCC4(CC3)CS(=O)(=O)C4)C[C@@H]21. The Morgan fingerprint density at radius 1 is 1.14 bits per heavy atom. The molecule has 0 N–H and O–H groups in total. The number of piperidine rings is 1. The van der Waals surface area contributed by atoms with E-state index in [2.05, 4.69) is 10.00 Å². The highest BCUT2D eigenvalue weighted by Crippen LogP contribution is 2.64. The van der Waals surface area contributed by atoms with Crippen LogP contribution in [0.1, 0.15) is 62.9 Å². The Morgan fingerprint density at radius 3 is 2.21 bits per heavy atom. The van der Waals surface area contributed by atoms with E-state index in [-0.39, 0.29) is 17.4 Å². The Labute approximate surface area is 169 Å². The number of hydrogen-bond donors (Lipinski definition) is 0. The van der Waals surface area contributed by atoms with E-state index in [4.69, 9.17) is 0 Å². The third kappa shape index (κ3) is 3.32. The molecule has 2 aliphatic heterocycles. The summed E-state index contributed by atoms with van der Waals surface area (Å²) >= 11 is 0. The van der Waals surface area contributed by atoms with Gasteiger partial charge in [0.2, 0.25) is 0 Å². The number of nitrogens with zero attached hydrogens (tertiary/aromatic N) is 3. The van der Waals surface area contributed by atoms with Crippen molar-refractivity contribution < 1.29 is 21.6 Å². The minimum atomic E-state index is -4.40. The van der Waals surface area contributed by atoms with Crippen LogP contribution in [0.15, 0.2) is 6.07 Å². The molecule has 4 aliphatic rings. The standard InChI is InChI=1S/C20H28F3N3O2S/c1-12(2)26-16(9-17(24-26)20(21,22)23)18-14-7-13(8-15(14)18)25-5-3-19(4-6-25)10-29(27,28)11-19/h9,12-15,18H,3-8,10-11H2,1-2H3/t13-,14+,15-,18-. The third-order valence-corrected chi connectivity index (χ3v) is 9.84. The van der Waals surface area contributed by atoms with Crippen molar-refractivity contribution in [2.75, 3.05) is 24.6 Å². The number of likely N-dealkylation sites (tertiary alicyclic amines) is 1. The smallest absolute Gasteiger partial charge is 0.300 e. The van der Waals surface area contributed by atoms with Crippen LogP contribution in [0.25, 0.3) is 0 Å². The summed E-state index contributed by atoms with van der Waals surface area (Å²) in [5, 5.41) is 3.85. The predicted molar refractivity (Wildman–Crippen MR) is 102 cm³/mol. The second-order valence-electron chi connectivity index (χ2n) is 10.0. The Balaban J connectivity index is 1.22. The molecular weight excluding hydrogens is 403 g/mol. The first kappa shape index (κ1) is 19.8. The topological polar surface area (TPSA) is 55.2 Å². The van der Waals surface area contributed by atoms with Gasteiger partial charge in [0.1, 0.15) is 0 Å². The van der Waals surface area contributed by atoms with Crippen LogP contribution in [0.3, 0.4) is 0 Å². The molecule has 5 rings (SSSR count). The number of halogens is 3. The van der Waals surface area contributed by atoms with Crippen LogP contribution >= 0.6 is 0 Å². The zero-order valence-corrected chi connectivity index (χ0v) is 17.6.